The van der Waals surface area contributed by atoms with Gasteiger partial charge in [0.25, 0.3) is 5.91 Å². The molecule has 0 aromatic carbocycles. The molecule has 0 spiro atoms. The Labute approximate surface area is 114 Å². The minimum atomic E-state index is -4.46. The van der Waals surface area contributed by atoms with Gasteiger partial charge in [-0.25, -0.2) is 0 Å². The molecule has 20 heavy (non-hydrogen) atoms. The van der Waals surface area contributed by atoms with Crippen LogP contribution in [0.5, 0.6) is 0 Å². The molecule has 7 heteroatoms. The third kappa shape index (κ3) is 3.09. The van der Waals surface area contributed by atoms with Gasteiger partial charge in [0, 0.05) is 12.7 Å². The summed E-state index contributed by atoms with van der Waals surface area (Å²) in [6.07, 6.45) is -1.36. The highest BCUT2D eigenvalue weighted by atomic mass is 19.4. The number of aliphatic hydroxyl groups is 1. The third-order valence-corrected chi connectivity index (χ3v) is 3.41. The Bertz CT molecular complexity index is 473. The number of hydrogen-bond acceptors (Lipinski definition) is 3. The number of amides is 1. The number of aliphatic hydroxyl groups excluding tert-OH is 1. The molecule has 1 unspecified atom stereocenters. The highest BCUT2D eigenvalue weighted by molar-refractivity contribution is 5.92. The first-order chi connectivity index (χ1) is 9.43. The van der Waals surface area contributed by atoms with Crippen LogP contribution in [-0.2, 0) is 6.18 Å². The summed E-state index contributed by atoms with van der Waals surface area (Å²) in [7, 11) is 0. The van der Waals surface area contributed by atoms with E-state index in [0.717, 1.165) is 25.0 Å². The first-order valence-electron chi connectivity index (χ1n) is 6.38. The van der Waals surface area contributed by atoms with E-state index in [-0.39, 0.29) is 18.3 Å². The van der Waals surface area contributed by atoms with Gasteiger partial charge in [0.15, 0.2) is 0 Å². The van der Waals surface area contributed by atoms with Crippen LogP contribution in [0.15, 0.2) is 18.3 Å². The Balaban J connectivity index is 2.16. The molecule has 1 fully saturated rings. The number of halogens is 3. The molecule has 1 aromatic heterocycles. The summed E-state index contributed by atoms with van der Waals surface area (Å²) in [6, 6.07) is 1.65. The van der Waals surface area contributed by atoms with Gasteiger partial charge in [-0.15, -0.1) is 0 Å². The van der Waals surface area contributed by atoms with Crippen molar-refractivity contribution in [1.29, 1.82) is 0 Å². The van der Waals surface area contributed by atoms with Crippen LogP contribution in [0.2, 0.25) is 0 Å². The largest absolute Gasteiger partial charge is 0.417 e. The SMILES string of the molecule is O=C(c1ccc(C(F)(F)F)cn1)N1CCCCC1CO. The zero-order valence-corrected chi connectivity index (χ0v) is 10.7. The lowest BCUT2D eigenvalue weighted by Crippen LogP contribution is -2.45. The Morgan fingerprint density at radius 2 is 2.15 bits per heavy atom. The molecular weight excluding hydrogens is 273 g/mol. The Morgan fingerprint density at radius 1 is 1.40 bits per heavy atom. The minimum Gasteiger partial charge on any atom is -0.394 e. The van der Waals surface area contributed by atoms with Crippen molar-refractivity contribution in [2.75, 3.05) is 13.2 Å². The van der Waals surface area contributed by atoms with Crippen molar-refractivity contribution in [3.63, 3.8) is 0 Å². The van der Waals surface area contributed by atoms with Crippen molar-refractivity contribution in [3.8, 4) is 0 Å². The smallest absolute Gasteiger partial charge is 0.394 e. The van der Waals surface area contributed by atoms with Crippen molar-refractivity contribution < 1.29 is 23.1 Å². The number of alkyl halides is 3. The first-order valence-corrected chi connectivity index (χ1v) is 6.38. The van der Waals surface area contributed by atoms with E-state index in [1.165, 1.54) is 4.90 Å². The van der Waals surface area contributed by atoms with Gasteiger partial charge in [0.2, 0.25) is 0 Å². The molecule has 1 amide bonds. The molecule has 1 aromatic rings. The molecule has 1 aliphatic rings. The van der Waals surface area contributed by atoms with Crippen LogP contribution < -0.4 is 0 Å². The Hall–Kier alpha value is -1.63. The van der Waals surface area contributed by atoms with Crippen LogP contribution >= 0.6 is 0 Å². The Morgan fingerprint density at radius 3 is 2.70 bits per heavy atom. The van der Waals surface area contributed by atoms with Crippen molar-refractivity contribution in [2.24, 2.45) is 0 Å². The fourth-order valence-corrected chi connectivity index (χ4v) is 2.29. The van der Waals surface area contributed by atoms with Gasteiger partial charge in [-0.05, 0) is 31.4 Å². The van der Waals surface area contributed by atoms with Gasteiger partial charge in [-0.3, -0.25) is 9.78 Å². The number of rotatable bonds is 2. The lowest BCUT2D eigenvalue weighted by molar-refractivity contribution is -0.137. The average molecular weight is 288 g/mol. The van der Waals surface area contributed by atoms with Gasteiger partial charge < -0.3 is 10.0 Å². The summed E-state index contributed by atoms with van der Waals surface area (Å²) in [4.78, 5) is 17.3. The van der Waals surface area contributed by atoms with Crippen LogP contribution in [0.1, 0.15) is 35.3 Å². The van der Waals surface area contributed by atoms with Crippen LogP contribution in [0, 0.1) is 0 Å². The number of nitrogens with zero attached hydrogens (tertiary/aromatic N) is 2. The molecule has 1 N–H and O–H groups in total. The summed E-state index contributed by atoms with van der Waals surface area (Å²) >= 11 is 0. The van der Waals surface area contributed by atoms with Crippen LogP contribution in [0.4, 0.5) is 13.2 Å². The van der Waals surface area contributed by atoms with Gasteiger partial charge in [-0.2, -0.15) is 13.2 Å². The van der Waals surface area contributed by atoms with Crippen LogP contribution in [0.3, 0.4) is 0 Å². The molecule has 0 saturated carbocycles. The molecule has 1 saturated heterocycles. The van der Waals surface area contributed by atoms with Gasteiger partial charge in [-0.1, -0.05) is 0 Å². The third-order valence-electron chi connectivity index (χ3n) is 3.41. The lowest BCUT2D eigenvalue weighted by Gasteiger charge is -2.34. The number of pyridine rings is 1. The van der Waals surface area contributed by atoms with Gasteiger partial charge in [0.05, 0.1) is 18.2 Å². The Kier molecular flexibility index (Phi) is 4.27. The summed E-state index contributed by atoms with van der Waals surface area (Å²) in [5.41, 5.74) is -0.912. The maximum atomic E-state index is 12.4. The lowest BCUT2D eigenvalue weighted by atomic mass is 10.0. The molecule has 2 rings (SSSR count). The standard InChI is InChI=1S/C13H15F3N2O2/c14-13(15,16)9-4-5-11(17-7-9)12(20)18-6-2-1-3-10(18)8-19/h4-5,7,10,19H,1-3,6,8H2. The number of likely N-dealkylation sites (tertiary alicyclic amines) is 1. The normalized spacial score (nSPS) is 20.0. The molecule has 0 bridgehead atoms. The molecule has 2 heterocycles. The van der Waals surface area contributed by atoms with Gasteiger partial charge in [0.1, 0.15) is 5.69 Å². The average Bonchev–Trinajstić information content (AvgIpc) is 2.45. The summed E-state index contributed by atoms with van der Waals surface area (Å²) < 4.78 is 37.3. The van der Waals surface area contributed by atoms with E-state index >= 15 is 0 Å². The van der Waals surface area contributed by atoms with Gasteiger partial charge >= 0.3 is 6.18 Å². The van der Waals surface area contributed by atoms with E-state index in [2.05, 4.69) is 4.98 Å². The quantitative estimate of drug-likeness (QED) is 0.906. The monoisotopic (exact) mass is 288 g/mol. The van der Waals surface area contributed by atoms with E-state index in [4.69, 9.17) is 0 Å². The van der Waals surface area contributed by atoms with E-state index < -0.39 is 17.6 Å². The number of hydrogen-bond donors (Lipinski definition) is 1. The van der Waals surface area contributed by atoms with Crippen molar-refractivity contribution in [2.45, 2.75) is 31.5 Å². The number of aromatic nitrogens is 1. The first kappa shape index (κ1) is 14.8. The minimum absolute atomic E-state index is 0.0293. The molecule has 1 aliphatic heterocycles. The van der Waals surface area contributed by atoms with E-state index in [1.54, 1.807) is 0 Å². The van der Waals surface area contributed by atoms with E-state index in [1.807, 2.05) is 0 Å². The zero-order valence-electron chi connectivity index (χ0n) is 10.7. The molecule has 4 nitrogen and oxygen atoms in total. The highest BCUT2D eigenvalue weighted by Gasteiger charge is 2.32. The van der Waals surface area contributed by atoms with Crippen molar-refractivity contribution >= 4 is 5.91 Å². The van der Waals surface area contributed by atoms with Crippen LogP contribution in [-0.4, -0.2) is 40.1 Å². The molecule has 0 radical (unpaired) electrons. The second kappa shape index (κ2) is 5.78. The molecule has 1 atom stereocenters. The molecule has 110 valence electrons. The maximum absolute atomic E-state index is 12.4. The van der Waals surface area contributed by atoms with Crippen molar-refractivity contribution in [1.82, 2.24) is 9.88 Å². The maximum Gasteiger partial charge on any atom is 0.417 e. The topological polar surface area (TPSA) is 53.4 Å². The number of piperidine rings is 1. The van der Waals surface area contributed by atoms with Crippen molar-refractivity contribution in [3.05, 3.63) is 29.6 Å². The predicted octanol–water partition coefficient (Wildman–Crippen LogP) is 2.09. The zero-order chi connectivity index (χ0) is 14.8. The fourth-order valence-electron chi connectivity index (χ4n) is 2.29. The number of carbonyl (C=O) groups excluding carboxylic acids is 1. The second-order valence-electron chi connectivity index (χ2n) is 4.76. The second-order valence-corrected chi connectivity index (χ2v) is 4.76. The predicted molar refractivity (Wildman–Crippen MR) is 65.0 cm³/mol. The number of carbonyl (C=O) groups is 1. The van der Waals surface area contributed by atoms with Crippen LogP contribution in [0.25, 0.3) is 0 Å². The summed E-state index contributed by atoms with van der Waals surface area (Å²) in [5.74, 6) is -0.433. The van der Waals surface area contributed by atoms with E-state index in [9.17, 15) is 23.1 Å². The molecular formula is C13H15F3N2O2. The summed E-state index contributed by atoms with van der Waals surface area (Å²) in [5, 5.41) is 9.24. The van der Waals surface area contributed by atoms with E-state index in [0.29, 0.717) is 19.2 Å². The fraction of sp³-hybridized carbons (Fsp3) is 0.538. The summed E-state index contributed by atoms with van der Waals surface area (Å²) in [6.45, 7) is 0.346. The molecule has 0 aliphatic carbocycles. The highest BCUT2D eigenvalue weighted by Crippen LogP contribution is 2.28.